The van der Waals surface area contributed by atoms with Crippen molar-refractivity contribution in [3.8, 4) is 5.75 Å². The number of fused-ring (bicyclic) bond motifs is 3. The molecule has 0 radical (unpaired) electrons. The van der Waals surface area contributed by atoms with Gasteiger partial charge in [-0.15, -0.1) is 11.3 Å². The summed E-state index contributed by atoms with van der Waals surface area (Å²) in [5, 5.41) is 15.3. The smallest absolute Gasteiger partial charge is 0.303 e. The van der Waals surface area contributed by atoms with E-state index in [0.29, 0.717) is 29.8 Å². The molecule has 188 valence electrons. The lowest BCUT2D eigenvalue weighted by atomic mass is 9.92. The number of nitrogens with zero attached hydrogens (tertiary/aromatic N) is 3. The van der Waals surface area contributed by atoms with Gasteiger partial charge in [-0.05, 0) is 62.0 Å². The van der Waals surface area contributed by atoms with Crippen molar-refractivity contribution in [2.24, 2.45) is 5.92 Å². The Labute approximate surface area is 219 Å². The molecule has 2 aromatic carbocycles. The van der Waals surface area contributed by atoms with Crippen LogP contribution in [0.1, 0.15) is 37.1 Å². The Morgan fingerprint density at radius 1 is 1.22 bits per heavy atom. The fraction of sp³-hybridized carbons (Fsp3) is 0.370. The average Bonchev–Trinajstić information content (AvgIpc) is 3.25. The molecule has 0 bridgehead atoms. The third-order valence-corrected chi connectivity index (χ3v) is 8.16. The number of halogens is 1. The van der Waals surface area contributed by atoms with Crippen LogP contribution in [0, 0.1) is 5.92 Å². The summed E-state index contributed by atoms with van der Waals surface area (Å²) in [5.74, 6) is 2.06. The van der Waals surface area contributed by atoms with Crippen LogP contribution < -0.4 is 10.1 Å². The molecule has 2 N–H and O–H groups in total. The van der Waals surface area contributed by atoms with Crippen molar-refractivity contribution in [2.75, 3.05) is 25.5 Å². The Kier molecular flexibility index (Phi) is 7.55. The zero-order chi connectivity index (χ0) is 25.1. The number of aromatic nitrogens is 2. The van der Waals surface area contributed by atoms with Crippen LogP contribution >= 0.6 is 22.9 Å². The van der Waals surface area contributed by atoms with Gasteiger partial charge in [-0.3, -0.25) is 9.69 Å². The lowest BCUT2D eigenvalue weighted by Gasteiger charge is -2.31. The molecule has 0 amide bonds. The van der Waals surface area contributed by atoms with Gasteiger partial charge in [0, 0.05) is 23.1 Å². The zero-order valence-corrected chi connectivity index (χ0v) is 21.7. The molecule has 0 saturated carbocycles. The third kappa shape index (κ3) is 5.56. The SMILES string of the molecule is COc1ccc(CNc2nc(CN3CCC(CCC(=O)O)CC3)nc3sc4ccccc4c23)cc1Cl. The van der Waals surface area contributed by atoms with Gasteiger partial charge < -0.3 is 15.2 Å². The van der Waals surface area contributed by atoms with Gasteiger partial charge in [-0.2, -0.15) is 0 Å². The van der Waals surface area contributed by atoms with Crippen molar-refractivity contribution in [3.05, 3.63) is 58.9 Å². The highest BCUT2D eigenvalue weighted by molar-refractivity contribution is 7.25. The maximum absolute atomic E-state index is 10.9. The number of benzene rings is 2. The molecule has 1 fully saturated rings. The zero-order valence-electron chi connectivity index (χ0n) is 20.2. The van der Waals surface area contributed by atoms with E-state index >= 15 is 0 Å². The summed E-state index contributed by atoms with van der Waals surface area (Å²) in [6, 6.07) is 14.1. The predicted molar refractivity (Wildman–Crippen MR) is 145 cm³/mol. The minimum atomic E-state index is -0.709. The number of carboxylic acid groups (broad SMARTS) is 1. The number of ether oxygens (including phenoxy) is 1. The van der Waals surface area contributed by atoms with Crippen LogP contribution in [0.3, 0.4) is 0 Å². The van der Waals surface area contributed by atoms with Crippen molar-refractivity contribution in [2.45, 2.75) is 38.8 Å². The number of aliphatic carboxylic acids is 1. The van der Waals surface area contributed by atoms with Gasteiger partial charge in [0.25, 0.3) is 0 Å². The van der Waals surface area contributed by atoms with Crippen LogP contribution in [0.2, 0.25) is 5.02 Å². The molecular formula is C27H29ClN4O3S. The first kappa shape index (κ1) is 24.7. The molecule has 0 unspecified atom stereocenters. The summed E-state index contributed by atoms with van der Waals surface area (Å²) in [5.41, 5.74) is 1.04. The summed E-state index contributed by atoms with van der Waals surface area (Å²) in [6.07, 6.45) is 3.05. The van der Waals surface area contributed by atoms with E-state index in [4.69, 9.17) is 31.4 Å². The van der Waals surface area contributed by atoms with Crippen LogP contribution in [0.4, 0.5) is 5.82 Å². The first-order valence-corrected chi connectivity index (χ1v) is 13.4. The van der Waals surface area contributed by atoms with Crippen molar-refractivity contribution in [1.29, 1.82) is 0 Å². The van der Waals surface area contributed by atoms with E-state index in [2.05, 4.69) is 22.3 Å². The molecule has 0 spiro atoms. The second kappa shape index (κ2) is 11.0. The topological polar surface area (TPSA) is 87.6 Å². The van der Waals surface area contributed by atoms with Gasteiger partial charge in [0.2, 0.25) is 0 Å². The van der Waals surface area contributed by atoms with E-state index in [9.17, 15) is 4.79 Å². The first-order chi connectivity index (χ1) is 17.5. The molecule has 1 aliphatic rings. The number of likely N-dealkylation sites (tertiary alicyclic amines) is 1. The van der Waals surface area contributed by atoms with Gasteiger partial charge in [-0.25, -0.2) is 9.97 Å². The fourth-order valence-corrected chi connectivity index (χ4v) is 6.21. The highest BCUT2D eigenvalue weighted by Crippen LogP contribution is 2.37. The number of nitrogens with one attached hydrogen (secondary N) is 1. The monoisotopic (exact) mass is 524 g/mol. The minimum absolute atomic E-state index is 0.255. The van der Waals surface area contributed by atoms with Gasteiger partial charge >= 0.3 is 5.97 Å². The number of rotatable bonds is 9. The number of piperidine rings is 1. The molecule has 3 heterocycles. The van der Waals surface area contributed by atoms with Crippen LogP contribution in [-0.2, 0) is 17.9 Å². The molecule has 0 aliphatic carbocycles. The van der Waals surface area contributed by atoms with Crippen molar-refractivity contribution >= 4 is 55.0 Å². The van der Waals surface area contributed by atoms with Crippen LogP contribution in [-0.4, -0.2) is 46.1 Å². The van der Waals surface area contributed by atoms with E-state index in [0.717, 1.165) is 65.2 Å². The minimum Gasteiger partial charge on any atom is -0.495 e. The third-order valence-electron chi connectivity index (χ3n) is 6.80. The van der Waals surface area contributed by atoms with Crippen molar-refractivity contribution in [3.63, 3.8) is 0 Å². The van der Waals surface area contributed by atoms with Crippen molar-refractivity contribution in [1.82, 2.24) is 14.9 Å². The maximum Gasteiger partial charge on any atom is 0.303 e. The van der Waals surface area contributed by atoms with Crippen molar-refractivity contribution < 1.29 is 14.6 Å². The average molecular weight is 525 g/mol. The van der Waals surface area contributed by atoms with Crippen LogP contribution in [0.15, 0.2) is 42.5 Å². The molecule has 0 atom stereocenters. The first-order valence-electron chi connectivity index (χ1n) is 12.2. The van der Waals surface area contributed by atoms with Crippen LogP contribution in [0.25, 0.3) is 20.3 Å². The Balaban J connectivity index is 1.37. The summed E-state index contributed by atoms with van der Waals surface area (Å²) in [6.45, 7) is 3.13. The summed E-state index contributed by atoms with van der Waals surface area (Å²) in [4.78, 5) is 24.2. The van der Waals surface area contributed by atoms with E-state index in [1.807, 2.05) is 30.3 Å². The van der Waals surface area contributed by atoms with E-state index in [-0.39, 0.29) is 6.42 Å². The number of methoxy groups -OCH3 is 1. The molecule has 2 aromatic heterocycles. The number of carboxylic acids is 1. The van der Waals surface area contributed by atoms with E-state index in [1.54, 1.807) is 18.4 Å². The molecule has 4 aromatic rings. The molecule has 1 saturated heterocycles. The number of hydrogen-bond donors (Lipinski definition) is 2. The molecule has 7 nitrogen and oxygen atoms in total. The quantitative estimate of drug-likeness (QED) is 0.269. The van der Waals surface area contributed by atoms with Gasteiger partial charge in [0.15, 0.2) is 0 Å². The van der Waals surface area contributed by atoms with Gasteiger partial charge in [0.05, 0.1) is 24.1 Å². The Hall–Kier alpha value is -2.94. The summed E-state index contributed by atoms with van der Waals surface area (Å²) >= 11 is 8.02. The standard InChI is InChI=1S/C27H29ClN4O3S/c1-35-21-8-6-18(14-20(21)28)15-29-26-25-19-4-2-3-5-22(19)36-27(25)31-23(30-26)16-32-12-10-17(11-13-32)7-9-24(33)34/h2-6,8,14,17H,7,9-13,15-16H2,1H3,(H,33,34)(H,29,30,31). The number of hydrogen-bond acceptors (Lipinski definition) is 7. The second-order valence-corrected chi connectivity index (χ2v) is 10.7. The summed E-state index contributed by atoms with van der Waals surface area (Å²) < 4.78 is 6.46. The number of carbonyl (C=O) groups is 1. The molecule has 9 heteroatoms. The lowest BCUT2D eigenvalue weighted by Crippen LogP contribution is -2.34. The lowest BCUT2D eigenvalue weighted by molar-refractivity contribution is -0.137. The highest BCUT2D eigenvalue weighted by Gasteiger charge is 2.22. The maximum atomic E-state index is 10.9. The summed E-state index contributed by atoms with van der Waals surface area (Å²) in [7, 11) is 1.61. The molecule has 5 rings (SSSR count). The second-order valence-electron chi connectivity index (χ2n) is 9.24. The normalized spacial score (nSPS) is 14.9. The Morgan fingerprint density at radius 3 is 2.78 bits per heavy atom. The van der Waals surface area contributed by atoms with Crippen LogP contribution in [0.5, 0.6) is 5.75 Å². The number of anilines is 1. The van der Waals surface area contributed by atoms with Gasteiger partial charge in [0.1, 0.15) is 22.2 Å². The van der Waals surface area contributed by atoms with E-state index in [1.165, 1.54) is 4.70 Å². The molecule has 1 aliphatic heterocycles. The highest BCUT2D eigenvalue weighted by atomic mass is 35.5. The Morgan fingerprint density at radius 2 is 2.03 bits per heavy atom. The predicted octanol–water partition coefficient (Wildman–Crippen LogP) is 6.20. The molecule has 36 heavy (non-hydrogen) atoms. The molecular weight excluding hydrogens is 496 g/mol. The largest absolute Gasteiger partial charge is 0.495 e. The fourth-order valence-electron chi connectivity index (χ4n) is 4.83. The Bertz CT molecular complexity index is 1380. The van der Waals surface area contributed by atoms with E-state index < -0.39 is 5.97 Å². The number of thiophene rings is 1. The van der Waals surface area contributed by atoms with Gasteiger partial charge in [-0.1, -0.05) is 35.9 Å².